The van der Waals surface area contributed by atoms with Gasteiger partial charge in [-0.3, -0.25) is 14.4 Å². The number of hydrogen-bond acceptors (Lipinski definition) is 5. The fraction of sp³-hybridized carbons (Fsp3) is 0.417. The van der Waals surface area contributed by atoms with Gasteiger partial charge in [0.1, 0.15) is 11.9 Å². The zero-order chi connectivity index (χ0) is 15.7. The highest BCUT2D eigenvalue weighted by Crippen LogP contribution is 2.21. The van der Waals surface area contributed by atoms with Crippen LogP contribution >= 0.6 is 0 Å². The molecular weight excluding hydrogens is 308 g/mol. The van der Waals surface area contributed by atoms with Gasteiger partial charge in [-0.2, -0.15) is 9.82 Å². The Hall–Kier alpha value is -2.20. The van der Waals surface area contributed by atoms with Crippen molar-refractivity contribution in [2.75, 3.05) is 11.4 Å². The van der Waals surface area contributed by atoms with Gasteiger partial charge in [0.2, 0.25) is 5.91 Å². The molecule has 118 valence electrons. The number of anilines is 1. The maximum absolute atomic E-state index is 12.6. The van der Waals surface area contributed by atoms with E-state index in [4.69, 9.17) is 0 Å². The Labute approximate surface area is 127 Å². The van der Waals surface area contributed by atoms with Gasteiger partial charge in [0.05, 0.1) is 18.7 Å². The van der Waals surface area contributed by atoms with E-state index in [2.05, 4.69) is 19.8 Å². The summed E-state index contributed by atoms with van der Waals surface area (Å²) in [5.41, 5.74) is 0. The van der Waals surface area contributed by atoms with Crippen LogP contribution in [0.3, 0.4) is 0 Å². The Balaban J connectivity index is 1.81. The fourth-order valence-corrected chi connectivity index (χ4v) is 3.61. The molecule has 1 fully saturated rings. The number of aromatic nitrogens is 4. The van der Waals surface area contributed by atoms with Gasteiger partial charge in [-0.1, -0.05) is 0 Å². The maximum Gasteiger partial charge on any atom is 0.258 e. The van der Waals surface area contributed by atoms with Gasteiger partial charge >= 0.3 is 0 Å². The lowest BCUT2D eigenvalue weighted by atomic mass is 10.1. The third kappa shape index (κ3) is 2.62. The van der Waals surface area contributed by atoms with E-state index in [0.29, 0.717) is 25.2 Å². The van der Waals surface area contributed by atoms with Crippen LogP contribution in [0.5, 0.6) is 0 Å². The van der Waals surface area contributed by atoms with Crippen LogP contribution in [0.25, 0.3) is 0 Å². The number of sulfonamides is 1. The molecule has 0 saturated carbocycles. The first kappa shape index (κ1) is 14.7. The molecule has 0 unspecified atom stereocenters. The van der Waals surface area contributed by atoms with Crippen LogP contribution in [0.1, 0.15) is 12.8 Å². The van der Waals surface area contributed by atoms with Crippen LogP contribution in [0.15, 0.2) is 29.8 Å². The van der Waals surface area contributed by atoms with Crippen LogP contribution in [0, 0.1) is 0 Å². The summed E-state index contributed by atoms with van der Waals surface area (Å²) in [6.07, 6.45) is 5.24. The monoisotopic (exact) mass is 324 g/mol. The predicted molar refractivity (Wildman–Crippen MR) is 77.5 cm³/mol. The van der Waals surface area contributed by atoms with Crippen LogP contribution in [0.4, 0.5) is 5.82 Å². The molecule has 1 aliphatic rings. The number of rotatable bonds is 4. The van der Waals surface area contributed by atoms with Gasteiger partial charge in [-0.25, -0.2) is 13.4 Å². The van der Waals surface area contributed by atoms with Crippen molar-refractivity contribution in [3.8, 4) is 0 Å². The summed E-state index contributed by atoms with van der Waals surface area (Å²) in [5, 5.41) is 3.98. The van der Waals surface area contributed by atoms with Crippen LogP contribution in [0.2, 0.25) is 0 Å². The molecule has 3 rings (SSSR count). The van der Waals surface area contributed by atoms with E-state index in [9.17, 15) is 13.2 Å². The van der Waals surface area contributed by atoms with E-state index in [1.165, 1.54) is 12.5 Å². The largest absolute Gasteiger partial charge is 0.335 e. The molecular formula is C12H16N6O3S. The van der Waals surface area contributed by atoms with E-state index in [0.717, 1.165) is 0 Å². The van der Waals surface area contributed by atoms with Crippen LogP contribution in [-0.4, -0.2) is 46.7 Å². The second kappa shape index (κ2) is 5.54. The smallest absolute Gasteiger partial charge is 0.258 e. The van der Waals surface area contributed by atoms with Crippen molar-refractivity contribution in [1.29, 1.82) is 0 Å². The van der Waals surface area contributed by atoms with Gasteiger partial charge in [-0.15, -0.1) is 0 Å². The molecule has 2 aromatic heterocycles. The minimum Gasteiger partial charge on any atom is -0.335 e. The normalized spacial score (nSPS) is 19.6. The Kier molecular flexibility index (Phi) is 3.71. The van der Waals surface area contributed by atoms with Crippen molar-refractivity contribution >= 4 is 21.7 Å². The first-order chi connectivity index (χ1) is 10.5. The molecule has 0 aromatic carbocycles. The molecule has 1 saturated heterocycles. The molecule has 3 heterocycles. The number of H-pyrrole nitrogens is 1. The SMILES string of the molecule is Cn1nccc1N1CCC[C@@H](NS(=O)(=O)c2cnc[nH]2)C1=O. The number of aryl methyl sites for hydroxylation is 1. The summed E-state index contributed by atoms with van der Waals surface area (Å²) in [4.78, 5) is 20.3. The quantitative estimate of drug-likeness (QED) is 0.796. The summed E-state index contributed by atoms with van der Waals surface area (Å²) >= 11 is 0. The molecule has 0 radical (unpaired) electrons. The standard InChI is InChI=1S/C12H16N6O3S/c1-17-11(4-5-15-17)18-6-2-3-9(12(18)19)16-22(20,21)10-7-13-8-14-10/h4-5,7-9,16H,2-3,6H2,1H3,(H,13,14)/t9-/m1/s1. The first-order valence-electron chi connectivity index (χ1n) is 6.79. The van der Waals surface area contributed by atoms with Crippen molar-refractivity contribution in [2.45, 2.75) is 23.9 Å². The number of imidazole rings is 1. The fourth-order valence-electron chi connectivity index (χ4n) is 2.48. The number of hydrogen-bond donors (Lipinski definition) is 2. The highest BCUT2D eigenvalue weighted by atomic mass is 32.2. The van der Waals surface area contributed by atoms with Crippen molar-refractivity contribution < 1.29 is 13.2 Å². The van der Waals surface area contributed by atoms with Crippen LogP contribution < -0.4 is 9.62 Å². The molecule has 1 atom stereocenters. The van der Waals surface area contributed by atoms with Crippen molar-refractivity contribution in [3.05, 3.63) is 24.8 Å². The molecule has 2 N–H and O–H groups in total. The van der Waals surface area contributed by atoms with Gasteiger partial charge in [0, 0.05) is 19.7 Å². The Morgan fingerprint density at radius 2 is 2.27 bits per heavy atom. The number of aromatic amines is 1. The van der Waals surface area contributed by atoms with E-state index >= 15 is 0 Å². The lowest BCUT2D eigenvalue weighted by Gasteiger charge is -2.32. The predicted octanol–water partition coefficient (Wildman–Crippen LogP) is -0.383. The average Bonchev–Trinajstić information content (AvgIpc) is 3.13. The number of carbonyl (C=O) groups excluding carboxylic acids is 1. The maximum atomic E-state index is 12.6. The molecule has 22 heavy (non-hydrogen) atoms. The highest BCUT2D eigenvalue weighted by molar-refractivity contribution is 7.89. The lowest BCUT2D eigenvalue weighted by molar-refractivity contribution is -0.121. The lowest BCUT2D eigenvalue weighted by Crippen LogP contribution is -2.52. The number of carbonyl (C=O) groups is 1. The zero-order valence-corrected chi connectivity index (χ0v) is 12.7. The molecule has 1 aliphatic heterocycles. The molecule has 1 amide bonds. The summed E-state index contributed by atoms with van der Waals surface area (Å²) < 4.78 is 28.4. The second-order valence-corrected chi connectivity index (χ2v) is 6.72. The zero-order valence-electron chi connectivity index (χ0n) is 11.9. The number of nitrogens with one attached hydrogen (secondary N) is 2. The van der Waals surface area contributed by atoms with Gasteiger partial charge in [0.25, 0.3) is 10.0 Å². The topological polar surface area (TPSA) is 113 Å². The Morgan fingerprint density at radius 1 is 1.45 bits per heavy atom. The minimum absolute atomic E-state index is 0.0574. The third-order valence-corrected chi connectivity index (χ3v) is 4.97. The third-order valence-electron chi connectivity index (χ3n) is 3.57. The van der Waals surface area contributed by atoms with Crippen molar-refractivity contribution in [3.63, 3.8) is 0 Å². The summed E-state index contributed by atoms with van der Waals surface area (Å²) in [7, 11) is -2.05. The first-order valence-corrected chi connectivity index (χ1v) is 8.27. The molecule has 0 aliphatic carbocycles. The summed E-state index contributed by atoms with van der Waals surface area (Å²) in [6.45, 7) is 0.542. The average molecular weight is 324 g/mol. The number of amides is 1. The van der Waals surface area contributed by atoms with Crippen molar-refractivity contribution in [2.24, 2.45) is 7.05 Å². The molecule has 0 bridgehead atoms. The van der Waals surface area contributed by atoms with E-state index < -0.39 is 16.1 Å². The van der Waals surface area contributed by atoms with Gasteiger partial charge in [-0.05, 0) is 12.8 Å². The molecule has 2 aromatic rings. The van der Waals surface area contributed by atoms with Gasteiger partial charge < -0.3 is 4.98 Å². The minimum atomic E-state index is -3.79. The van der Waals surface area contributed by atoms with E-state index in [1.54, 1.807) is 28.9 Å². The molecule has 9 nitrogen and oxygen atoms in total. The second-order valence-electron chi connectivity index (χ2n) is 5.03. The number of nitrogens with zero attached hydrogens (tertiary/aromatic N) is 4. The van der Waals surface area contributed by atoms with E-state index in [-0.39, 0.29) is 10.9 Å². The van der Waals surface area contributed by atoms with Crippen molar-refractivity contribution in [1.82, 2.24) is 24.5 Å². The molecule has 10 heteroatoms. The Morgan fingerprint density at radius 3 is 2.91 bits per heavy atom. The highest BCUT2D eigenvalue weighted by Gasteiger charge is 2.34. The number of piperidine rings is 1. The Bertz CT molecular complexity index is 767. The summed E-state index contributed by atoms with van der Waals surface area (Å²) in [6, 6.07) is 0.931. The van der Waals surface area contributed by atoms with E-state index in [1.807, 2.05) is 0 Å². The summed E-state index contributed by atoms with van der Waals surface area (Å²) in [5.74, 6) is 0.369. The van der Waals surface area contributed by atoms with Gasteiger partial charge in [0.15, 0.2) is 5.03 Å². The van der Waals surface area contributed by atoms with Crippen LogP contribution in [-0.2, 0) is 21.9 Å². The molecule has 0 spiro atoms.